The summed E-state index contributed by atoms with van der Waals surface area (Å²) in [5, 5.41) is 2.32. The zero-order valence-corrected chi connectivity index (χ0v) is 30.4. The van der Waals surface area contributed by atoms with Gasteiger partial charge in [0.15, 0.2) is 0 Å². The molecule has 1 spiro atoms. The summed E-state index contributed by atoms with van der Waals surface area (Å²) in [5.41, 5.74) is 13.7. The van der Waals surface area contributed by atoms with E-state index in [1.54, 1.807) is 11.1 Å². The Morgan fingerprint density at radius 3 is 2.04 bits per heavy atom. The van der Waals surface area contributed by atoms with Crippen LogP contribution >= 0.6 is 0 Å². The second kappa shape index (κ2) is 11.7. The molecule has 13 rings (SSSR count). The molecule has 4 fully saturated rings. The highest BCUT2D eigenvalue weighted by atomic mass is 16.3. The molecule has 54 heavy (non-hydrogen) atoms. The van der Waals surface area contributed by atoms with E-state index in [2.05, 4.69) is 169 Å². The van der Waals surface area contributed by atoms with Crippen molar-refractivity contribution in [3.05, 3.63) is 181 Å². The van der Waals surface area contributed by atoms with Gasteiger partial charge in [-0.15, -0.1) is 0 Å². The van der Waals surface area contributed by atoms with Crippen molar-refractivity contribution in [1.82, 2.24) is 0 Å². The minimum Gasteiger partial charge on any atom is -0.456 e. The average molecular weight is 698 g/mol. The number of nitrogens with zero attached hydrogens (tertiary/aromatic N) is 1. The second-order valence-corrected chi connectivity index (χ2v) is 16.9. The van der Waals surface area contributed by atoms with Gasteiger partial charge in [0.05, 0.1) is 5.69 Å². The van der Waals surface area contributed by atoms with E-state index >= 15 is 0 Å². The van der Waals surface area contributed by atoms with Crippen LogP contribution in [0, 0.1) is 29.6 Å². The third kappa shape index (κ3) is 4.40. The number of furan rings is 1. The van der Waals surface area contributed by atoms with Crippen LogP contribution < -0.4 is 4.90 Å². The molecule has 0 N–H and O–H groups in total. The van der Waals surface area contributed by atoms with E-state index in [0.29, 0.717) is 11.8 Å². The molecule has 6 aliphatic rings. The van der Waals surface area contributed by atoms with E-state index in [-0.39, 0.29) is 5.41 Å². The summed E-state index contributed by atoms with van der Waals surface area (Å²) in [7, 11) is 0. The van der Waals surface area contributed by atoms with Gasteiger partial charge in [0.1, 0.15) is 11.2 Å². The maximum atomic E-state index is 6.56. The number of allylic oxidation sites excluding steroid dienone is 3. The van der Waals surface area contributed by atoms with E-state index in [9.17, 15) is 0 Å². The monoisotopic (exact) mass is 697 g/mol. The van der Waals surface area contributed by atoms with Crippen molar-refractivity contribution in [2.45, 2.75) is 43.4 Å². The third-order valence-corrected chi connectivity index (χ3v) is 14.3. The third-order valence-electron chi connectivity index (χ3n) is 14.3. The van der Waals surface area contributed by atoms with Crippen LogP contribution in [0.3, 0.4) is 0 Å². The van der Waals surface area contributed by atoms with Crippen molar-refractivity contribution in [3.8, 4) is 22.3 Å². The van der Waals surface area contributed by atoms with Crippen LogP contribution in [0.25, 0.3) is 44.2 Å². The normalized spacial score (nSPS) is 27.4. The average Bonchev–Trinajstić information content (AvgIpc) is 3.74. The van der Waals surface area contributed by atoms with Gasteiger partial charge in [0.2, 0.25) is 0 Å². The summed E-state index contributed by atoms with van der Waals surface area (Å²) in [6.07, 6.45) is 14.8. The summed E-state index contributed by atoms with van der Waals surface area (Å²) in [6.45, 7) is 0. The lowest BCUT2D eigenvalue weighted by molar-refractivity contribution is -0.0763. The van der Waals surface area contributed by atoms with E-state index in [1.165, 1.54) is 65.7 Å². The molecule has 0 aliphatic heterocycles. The van der Waals surface area contributed by atoms with Gasteiger partial charge >= 0.3 is 0 Å². The summed E-state index contributed by atoms with van der Waals surface area (Å²) in [4.78, 5) is 2.54. The zero-order valence-electron chi connectivity index (χ0n) is 30.4. The number of benzene rings is 6. The molecular weight excluding hydrogens is 655 g/mol. The van der Waals surface area contributed by atoms with Gasteiger partial charge < -0.3 is 9.32 Å². The van der Waals surface area contributed by atoms with Gasteiger partial charge in [-0.3, -0.25) is 0 Å². The van der Waals surface area contributed by atoms with Gasteiger partial charge in [0.25, 0.3) is 0 Å². The molecule has 0 radical (unpaired) electrons. The van der Waals surface area contributed by atoms with Gasteiger partial charge in [-0.2, -0.15) is 0 Å². The lowest BCUT2D eigenvalue weighted by Crippen LogP contribution is -2.57. The Morgan fingerprint density at radius 2 is 1.24 bits per heavy atom. The minimum absolute atomic E-state index is 0.207. The van der Waals surface area contributed by atoms with Crippen molar-refractivity contribution in [2.75, 3.05) is 4.90 Å². The number of para-hydroxylation sites is 1. The van der Waals surface area contributed by atoms with Gasteiger partial charge in [-0.1, -0.05) is 121 Å². The largest absolute Gasteiger partial charge is 0.456 e. The number of rotatable bonds is 5. The van der Waals surface area contributed by atoms with Crippen LogP contribution in [0.2, 0.25) is 0 Å². The Kier molecular flexibility index (Phi) is 6.68. The van der Waals surface area contributed by atoms with E-state index in [0.717, 1.165) is 51.3 Å². The van der Waals surface area contributed by atoms with E-state index < -0.39 is 0 Å². The van der Waals surface area contributed by atoms with Crippen LogP contribution in [-0.2, 0) is 5.41 Å². The Hall–Kier alpha value is -5.60. The fourth-order valence-corrected chi connectivity index (χ4v) is 12.5. The minimum atomic E-state index is 0.207. The Balaban J connectivity index is 1.08. The molecule has 0 saturated heterocycles. The first-order chi connectivity index (χ1) is 26.7. The highest BCUT2D eigenvalue weighted by Crippen LogP contribution is 2.71. The maximum absolute atomic E-state index is 6.56. The lowest BCUT2D eigenvalue weighted by Gasteiger charge is -2.63. The first-order valence-electron chi connectivity index (χ1n) is 20.2. The second-order valence-electron chi connectivity index (χ2n) is 16.9. The number of hydrogen-bond donors (Lipinski definition) is 0. The SMILES string of the molecule is C1=CC2c3ccccc3C3(C4CC5CC(C4)CC3C5)C2C=C1N(c1ccc2c(c1)oc1ccccc12)c1ccc(-c2ccccc2)cc1-c1ccccc1. The summed E-state index contributed by atoms with van der Waals surface area (Å²) >= 11 is 0. The molecule has 2 atom stereocenters. The first-order valence-corrected chi connectivity index (χ1v) is 20.2. The molecule has 2 heteroatoms. The molecule has 2 unspecified atom stereocenters. The van der Waals surface area contributed by atoms with Gasteiger partial charge in [-0.25, -0.2) is 0 Å². The van der Waals surface area contributed by atoms with Crippen LogP contribution in [-0.4, -0.2) is 0 Å². The van der Waals surface area contributed by atoms with E-state index in [1.807, 2.05) is 0 Å². The standard InChI is InChI=1S/C52H43NO/c1-3-11-35(12-4-1)37-19-24-49(46(30-37)36-13-5-2-6-14-36)53(41-21-23-45-44-16-8-10-18-50(44)54-51(45)32-41)40-20-22-43-42-15-7-9-17-47(42)52(48(43)31-40)38-26-33-25-34(28-38)29-39(52)27-33/h1-24,30-34,38-39,43,48H,25-29H2. The summed E-state index contributed by atoms with van der Waals surface area (Å²) in [5.74, 6) is 4.23. The van der Waals surface area contributed by atoms with Gasteiger partial charge in [-0.05, 0) is 126 Å². The molecule has 6 aromatic carbocycles. The number of fused-ring (bicyclic) bond motifs is 6. The maximum Gasteiger partial charge on any atom is 0.137 e. The fourth-order valence-electron chi connectivity index (χ4n) is 12.5. The summed E-state index contributed by atoms with van der Waals surface area (Å²) in [6, 6.07) is 53.7. The molecule has 2 nitrogen and oxygen atoms in total. The molecule has 4 bridgehead atoms. The predicted octanol–water partition coefficient (Wildman–Crippen LogP) is 13.6. The zero-order chi connectivity index (χ0) is 35.4. The smallest absolute Gasteiger partial charge is 0.137 e. The topological polar surface area (TPSA) is 16.4 Å². The van der Waals surface area contributed by atoms with Crippen molar-refractivity contribution in [3.63, 3.8) is 0 Å². The lowest BCUT2D eigenvalue weighted by atomic mass is 9.41. The van der Waals surface area contributed by atoms with Crippen LogP contribution in [0.5, 0.6) is 0 Å². The molecule has 1 aromatic heterocycles. The first kappa shape index (κ1) is 30.8. The van der Waals surface area contributed by atoms with Crippen molar-refractivity contribution in [1.29, 1.82) is 0 Å². The molecular formula is C52H43NO. The molecule has 6 aliphatic carbocycles. The van der Waals surface area contributed by atoms with Crippen molar-refractivity contribution in [2.24, 2.45) is 29.6 Å². The van der Waals surface area contributed by atoms with Gasteiger partial charge in [0, 0.05) is 45.1 Å². The van der Waals surface area contributed by atoms with Crippen molar-refractivity contribution >= 4 is 33.3 Å². The molecule has 262 valence electrons. The fraction of sp³-hybridized carbons (Fsp3) is 0.231. The number of anilines is 2. The summed E-state index contributed by atoms with van der Waals surface area (Å²) < 4.78 is 6.56. The molecule has 7 aromatic rings. The van der Waals surface area contributed by atoms with E-state index in [4.69, 9.17) is 4.42 Å². The Bertz CT molecular complexity index is 2620. The predicted molar refractivity (Wildman–Crippen MR) is 222 cm³/mol. The van der Waals surface area contributed by atoms with Crippen LogP contribution in [0.4, 0.5) is 11.4 Å². The van der Waals surface area contributed by atoms with Crippen LogP contribution in [0.1, 0.15) is 49.1 Å². The highest BCUT2D eigenvalue weighted by molar-refractivity contribution is 6.06. The number of hydrogen-bond acceptors (Lipinski definition) is 2. The van der Waals surface area contributed by atoms with Crippen LogP contribution in [0.15, 0.2) is 174 Å². The van der Waals surface area contributed by atoms with Crippen molar-refractivity contribution < 1.29 is 4.42 Å². The molecule has 0 amide bonds. The molecule has 1 heterocycles. The molecule has 4 saturated carbocycles. The Morgan fingerprint density at radius 1 is 0.556 bits per heavy atom. The Labute approximate surface area is 317 Å². The quantitative estimate of drug-likeness (QED) is 0.178. The highest BCUT2D eigenvalue weighted by Gasteiger charge is 2.65.